The van der Waals surface area contributed by atoms with Crippen LogP contribution in [0.2, 0.25) is 0 Å². The fraction of sp³-hybridized carbons (Fsp3) is 0. The third-order valence-electron chi connectivity index (χ3n) is 3.50. The van der Waals surface area contributed by atoms with Gasteiger partial charge in [-0.3, -0.25) is 15.0 Å². The Labute approximate surface area is 185 Å². The van der Waals surface area contributed by atoms with Crippen molar-refractivity contribution in [2.45, 2.75) is 0 Å². The van der Waals surface area contributed by atoms with E-state index in [2.05, 4.69) is 30.4 Å². The van der Waals surface area contributed by atoms with Gasteiger partial charge in [0, 0.05) is 68.0 Å². The summed E-state index contributed by atoms with van der Waals surface area (Å²) in [6.07, 6.45) is 5.18. The van der Waals surface area contributed by atoms with E-state index in [-0.39, 0.29) is 49.4 Å². The molecule has 0 saturated heterocycles. The van der Waals surface area contributed by atoms with Crippen LogP contribution in [0, 0.1) is 49.4 Å². The first-order valence-corrected chi connectivity index (χ1v) is 7.41. The summed E-state index contributed by atoms with van der Waals surface area (Å²) in [6, 6.07) is 17.0. The van der Waals surface area contributed by atoms with Crippen molar-refractivity contribution in [3.8, 4) is 34.0 Å². The van der Waals surface area contributed by atoms with Gasteiger partial charge in [0.1, 0.15) is 11.4 Å². The van der Waals surface area contributed by atoms with Crippen LogP contribution in [-0.4, -0.2) is 30.4 Å². The van der Waals surface area contributed by atoms with Crippen molar-refractivity contribution in [3.63, 3.8) is 0 Å². The van der Waals surface area contributed by atoms with Crippen molar-refractivity contribution in [2.75, 3.05) is 0 Å². The van der Waals surface area contributed by atoms with Crippen molar-refractivity contribution < 1.29 is 49.4 Å². The summed E-state index contributed by atoms with van der Waals surface area (Å²) in [4.78, 5) is 13.2. The zero-order chi connectivity index (χ0) is 16.2. The molecule has 0 fully saturated rings. The van der Waals surface area contributed by atoms with E-state index in [9.17, 15) is 0 Å². The van der Waals surface area contributed by atoms with Crippen LogP contribution in [0.4, 0.5) is 0 Å². The van der Waals surface area contributed by atoms with Crippen LogP contribution in [0.5, 0.6) is 0 Å². The summed E-state index contributed by atoms with van der Waals surface area (Å²) in [7, 11) is 0. The molecule has 0 bridgehead atoms. The third kappa shape index (κ3) is 3.84. The number of hydrogen-bond donors (Lipinski definition) is 0. The molecule has 1 radical (unpaired) electrons. The monoisotopic (exact) mass is 465 g/mol. The Bertz CT molecular complexity index is 891. The zero-order valence-corrected chi connectivity index (χ0v) is 15.4. The molecule has 0 aromatic carbocycles. The summed E-state index contributed by atoms with van der Waals surface area (Å²) in [6.45, 7) is 0. The maximum atomic E-state index is 4.46. The molecule has 0 aliphatic rings. The average molecular weight is 464 g/mol. The maximum absolute atomic E-state index is 4.46. The summed E-state index contributed by atoms with van der Waals surface area (Å²) < 4.78 is 0. The Balaban J connectivity index is 0.00000182. The minimum absolute atomic E-state index is 0. The van der Waals surface area contributed by atoms with Gasteiger partial charge in [-0.2, -0.15) is 0 Å². The molecule has 6 nitrogen and oxygen atoms in total. The first-order chi connectivity index (χ1) is 11.9. The van der Waals surface area contributed by atoms with E-state index in [4.69, 9.17) is 0 Å². The molecule has 25 heavy (non-hydrogen) atoms. The van der Waals surface area contributed by atoms with Crippen LogP contribution < -0.4 is 0 Å². The van der Waals surface area contributed by atoms with Crippen LogP contribution in [0.3, 0.4) is 0 Å². The second-order valence-corrected chi connectivity index (χ2v) is 5.01. The van der Waals surface area contributed by atoms with Crippen molar-refractivity contribution >= 4 is 0 Å². The van der Waals surface area contributed by atoms with Gasteiger partial charge in [-0.05, 0) is 41.6 Å². The zero-order valence-electron chi connectivity index (χ0n) is 13.0. The van der Waals surface area contributed by atoms with Crippen molar-refractivity contribution in [1.82, 2.24) is 30.4 Å². The molecule has 121 valence electrons. The minimum atomic E-state index is 0. The average Bonchev–Trinajstić information content (AvgIpc) is 2.69. The molecular formula is C18H12EuN6. The fourth-order valence-corrected chi connectivity index (χ4v) is 2.44. The normalized spacial score (nSPS) is 10.1. The van der Waals surface area contributed by atoms with Crippen LogP contribution in [0.15, 0.2) is 73.2 Å². The SMILES string of the molecule is [Eu].c1ccc(-c2nnnc(-c3ccccn3)c2-c2ccccn2)nc1. The standard InChI is InChI=1S/C18H12N6.Eu/c1-4-10-19-13(7-1)16-17(14-8-2-5-11-20-14)22-24-23-18(16)15-9-3-6-12-21-15;/h1-12H;. The summed E-state index contributed by atoms with van der Waals surface area (Å²) in [5.74, 6) is 0. The molecule has 4 aromatic rings. The van der Waals surface area contributed by atoms with E-state index in [1.807, 2.05) is 54.6 Å². The van der Waals surface area contributed by atoms with E-state index in [1.54, 1.807) is 18.6 Å². The molecule has 7 heteroatoms. The Morgan fingerprint density at radius 2 is 0.960 bits per heavy atom. The first-order valence-electron chi connectivity index (χ1n) is 7.41. The Morgan fingerprint density at radius 3 is 1.36 bits per heavy atom. The number of rotatable bonds is 3. The van der Waals surface area contributed by atoms with E-state index < -0.39 is 0 Å². The molecule has 0 atom stereocenters. The van der Waals surface area contributed by atoms with Crippen molar-refractivity contribution in [3.05, 3.63) is 73.2 Å². The topological polar surface area (TPSA) is 77.3 Å². The largest absolute Gasteiger partial charge is 0.256 e. The molecule has 0 saturated carbocycles. The van der Waals surface area contributed by atoms with Gasteiger partial charge < -0.3 is 0 Å². The molecule has 0 aliphatic carbocycles. The van der Waals surface area contributed by atoms with E-state index in [1.165, 1.54) is 0 Å². The molecule has 0 spiro atoms. The van der Waals surface area contributed by atoms with Crippen molar-refractivity contribution in [1.29, 1.82) is 0 Å². The molecule has 0 amide bonds. The molecule has 4 aromatic heterocycles. The van der Waals surface area contributed by atoms with Gasteiger partial charge in [0.15, 0.2) is 0 Å². The Morgan fingerprint density at radius 1 is 0.520 bits per heavy atom. The minimum Gasteiger partial charge on any atom is -0.256 e. The second-order valence-electron chi connectivity index (χ2n) is 5.01. The Hall–Kier alpha value is -1.96. The Kier molecular flexibility index (Phi) is 6.02. The van der Waals surface area contributed by atoms with Crippen LogP contribution in [0.25, 0.3) is 34.0 Å². The number of nitrogens with zero attached hydrogens (tertiary/aromatic N) is 6. The van der Waals surface area contributed by atoms with Crippen LogP contribution in [-0.2, 0) is 0 Å². The van der Waals surface area contributed by atoms with E-state index in [0.29, 0.717) is 22.8 Å². The van der Waals surface area contributed by atoms with E-state index >= 15 is 0 Å². The summed E-state index contributed by atoms with van der Waals surface area (Å²) in [5.41, 5.74) is 4.20. The van der Waals surface area contributed by atoms with Gasteiger partial charge in [-0.25, -0.2) is 0 Å². The van der Waals surface area contributed by atoms with E-state index in [0.717, 1.165) is 11.3 Å². The fourth-order valence-electron chi connectivity index (χ4n) is 2.44. The van der Waals surface area contributed by atoms with Gasteiger partial charge in [0.2, 0.25) is 0 Å². The second kappa shape index (κ2) is 8.42. The number of hydrogen-bond acceptors (Lipinski definition) is 6. The first kappa shape index (κ1) is 17.9. The molecule has 4 rings (SSSR count). The predicted molar refractivity (Wildman–Crippen MR) is 89.5 cm³/mol. The third-order valence-corrected chi connectivity index (χ3v) is 3.50. The summed E-state index contributed by atoms with van der Waals surface area (Å²) >= 11 is 0. The smallest absolute Gasteiger partial charge is 0.125 e. The van der Waals surface area contributed by atoms with Gasteiger partial charge in [0.05, 0.1) is 22.6 Å². The van der Waals surface area contributed by atoms with Crippen LogP contribution in [0.1, 0.15) is 0 Å². The quantitative estimate of drug-likeness (QED) is 0.464. The van der Waals surface area contributed by atoms with Crippen molar-refractivity contribution in [2.24, 2.45) is 0 Å². The molecule has 0 aliphatic heterocycles. The van der Waals surface area contributed by atoms with Gasteiger partial charge in [-0.1, -0.05) is 18.2 Å². The predicted octanol–water partition coefficient (Wildman–Crippen LogP) is 3.06. The molecule has 4 heterocycles. The molecule has 0 N–H and O–H groups in total. The van der Waals surface area contributed by atoms with Crippen LogP contribution >= 0.6 is 0 Å². The van der Waals surface area contributed by atoms with Gasteiger partial charge >= 0.3 is 0 Å². The van der Waals surface area contributed by atoms with Gasteiger partial charge in [-0.15, -0.1) is 10.2 Å². The molecule has 0 unspecified atom stereocenters. The summed E-state index contributed by atoms with van der Waals surface area (Å²) in [5, 5.41) is 12.4. The number of pyridine rings is 3. The molecular weight excluding hydrogens is 452 g/mol. The number of aromatic nitrogens is 6. The van der Waals surface area contributed by atoms with Gasteiger partial charge in [0.25, 0.3) is 0 Å². The maximum Gasteiger partial charge on any atom is 0.125 e.